The second-order valence-electron chi connectivity index (χ2n) is 9.82. The minimum absolute atomic E-state index is 0.0907. The van der Waals surface area contributed by atoms with Crippen LogP contribution >= 0.6 is 0 Å². The van der Waals surface area contributed by atoms with E-state index in [-0.39, 0.29) is 30.6 Å². The first-order valence-electron chi connectivity index (χ1n) is 12.2. The lowest BCUT2D eigenvalue weighted by atomic mass is 9.92. The number of hydrogen-bond donors (Lipinski definition) is 3. The highest BCUT2D eigenvalue weighted by atomic mass is 19.1. The van der Waals surface area contributed by atoms with Crippen LogP contribution in [0.15, 0.2) is 0 Å². The molecule has 1 aromatic heterocycles. The number of hydrazine groups is 1. The fourth-order valence-electron chi connectivity index (χ4n) is 5.13. The Balaban J connectivity index is 1.74. The van der Waals surface area contributed by atoms with Crippen LogP contribution in [0.4, 0.5) is 16.0 Å². The molecule has 3 rings (SSSR count). The number of hydroxylamine groups is 2. The molecule has 10 nitrogen and oxygen atoms in total. The maximum Gasteiger partial charge on any atom is 0.243 e. The molecule has 0 unspecified atom stereocenters. The Hall–Kier alpha value is -2.53. The summed E-state index contributed by atoms with van der Waals surface area (Å²) < 4.78 is 15.5. The fraction of sp³-hybridized carbons (Fsp3) is 0.739. The first kappa shape index (κ1) is 26.1. The molecule has 3 atom stereocenters. The van der Waals surface area contributed by atoms with E-state index >= 15 is 4.39 Å². The zero-order chi connectivity index (χ0) is 24.8. The van der Waals surface area contributed by atoms with Crippen LogP contribution in [0.5, 0.6) is 0 Å². The van der Waals surface area contributed by atoms with Gasteiger partial charge < -0.3 is 9.80 Å². The highest BCUT2D eigenvalue weighted by molar-refractivity contribution is 5.80. The summed E-state index contributed by atoms with van der Waals surface area (Å²) in [5, 5.41) is 10.1. The summed E-state index contributed by atoms with van der Waals surface area (Å²) in [4.78, 5) is 36.6. The molecule has 11 heteroatoms. The van der Waals surface area contributed by atoms with Crippen LogP contribution in [0.25, 0.3) is 0 Å². The van der Waals surface area contributed by atoms with Crippen molar-refractivity contribution in [2.45, 2.75) is 58.4 Å². The number of carbonyl (C=O) groups is 2. The van der Waals surface area contributed by atoms with Crippen LogP contribution < -0.4 is 15.8 Å². The Labute approximate surface area is 200 Å². The number of likely N-dealkylation sites (N-methyl/N-ethyl adjacent to an activating group) is 1. The quantitative estimate of drug-likeness (QED) is 0.251. The second-order valence-corrected chi connectivity index (χ2v) is 9.82. The lowest BCUT2D eigenvalue weighted by molar-refractivity contribution is -0.154. The summed E-state index contributed by atoms with van der Waals surface area (Å²) in [5.41, 5.74) is 5.19. The van der Waals surface area contributed by atoms with Crippen molar-refractivity contribution in [1.29, 1.82) is 0 Å². The number of carbonyl (C=O) groups excluding carboxylic acids is 2. The normalized spacial score (nSPS) is 21.7. The molecule has 0 aromatic carbocycles. The third-order valence-electron chi connectivity index (χ3n) is 7.03. The van der Waals surface area contributed by atoms with Crippen LogP contribution in [0.2, 0.25) is 0 Å². The maximum atomic E-state index is 15.5. The molecule has 1 aliphatic heterocycles. The average molecular weight is 480 g/mol. The maximum absolute atomic E-state index is 15.5. The Morgan fingerprint density at radius 3 is 2.59 bits per heavy atom. The number of nitrogens with zero attached hydrogens (tertiary/aromatic N) is 5. The number of halogens is 1. The molecule has 1 aliphatic carbocycles. The summed E-state index contributed by atoms with van der Waals surface area (Å²) >= 11 is 0. The lowest BCUT2D eigenvalue weighted by Crippen LogP contribution is -2.41. The van der Waals surface area contributed by atoms with E-state index in [9.17, 15) is 14.8 Å². The smallest absolute Gasteiger partial charge is 0.243 e. The molecule has 0 spiro atoms. The number of nitrogens with one attached hydrogen (secondary N) is 2. The molecule has 2 amide bonds. The fourth-order valence-corrected chi connectivity index (χ4v) is 5.13. The van der Waals surface area contributed by atoms with Crippen LogP contribution in [0, 0.1) is 23.6 Å². The van der Waals surface area contributed by atoms with E-state index in [4.69, 9.17) is 0 Å². The highest BCUT2D eigenvalue weighted by Gasteiger charge is 2.34. The topological polar surface area (TPSA) is 114 Å². The van der Waals surface area contributed by atoms with Gasteiger partial charge in [0.25, 0.3) is 0 Å². The van der Waals surface area contributed by atoms with Gasteiger partial charge in [-0.3, -0.25) is 25.6 Å². The number of hydrogen-bond acceptors (Lipinski definition) is 8. The molecule has 2 fully saturated rings. The lowest BCUT2D eigenvalue weighted by Gasteiger charge is -2.24. The summed E-state index contributed by atoms with van der Waals surface area (Å²) in [7, 11) is 4.03. The van der Waals surface area contributed by atoms with E-state index < -0.39 is 17.6 Å². The van der Waals surface area contributed by atoms with Gasteiger partial charge in [0.05, 0.1) is 12.5 Å². The highest BCUT2D eigenvalue weighted by Crippen LogP contribution is 2.31. The van der Waals surface area contributed by atoms with Crippen LogP contribution in [-0.4, -0.2) is 77.2 Å². The predicted molar refractivity (Wildman–Crippen MR) is 127 cm³/mol. The largest absolute Gasteiger partial charge is 0.352 e. The van der Waals surface area contributed by atoms with Gasteiger partial charge in [0.1, 0.15) is 5.82 Å². The number of amides is 2. The summed E-state index contributed by atoms with van der Waals surface area (Å²) in [6.07, 6.45) is 5.63. The zero-order valence-corrected chi connectivity index (χ0v) is 20.6. The molecule has 2 aliphatic rings. The molecule has 0 radical (unpaired) electrons. The minimum Gasteiger partial charge on any atom is -0.352 e. The van der Waals surface area contributed by atoms with Gasteiger partial charge in [0, 0.05) is 25.6 Å². The van der Waals surface area contributed by atoms with Crippen molar-refractivity contribution >= 4 is 24.0 Å². The predicted octanol–water partition coefficient (Wildman–Crippen LogP) is 2.05. The van der Waals surface area contributed by atoms with Crippen molar-refractivity contribution < 1.29 is 19.2 Å². The number of rotatable bonds is 11. The summed E-state index contributed by atoms with van der Waals surface area (Å²) in [5.74, 6) is -0.342. The number of aryl methyl sites for hydroxylation is 1. The molecule has 34 heavy (non-hydrogen) atoms. The van der Waals surface area contributed by atoms with E-state index in [0.29, 0.717) is 48.7 Å². The number of aromatic nitrogens is 2. The summed E-state index contributed by atoms with van der Waals surface area (Å²) in [6.45, 7) is 5.23. The van der Waals surface area contributed by atoms with Gasteiger partial charge in [0.15, 0.2) is 11.6 Å². The van der Waals surface area contributed by atoms with Gasteiger partial charge in [-0.2, -0.15) is 4.39 Å². The Kier molecular flexibility index (Phi) is 9.01. The van der Waals surface area contributed by atoms with Gasteiger partial charge in [-0.25, -0.2) is 15.0 Å². The molecule has 1 saturated heterocycles. The monoisotopic (exact) mass is 479 g/mol. The Bertz CT molecular complexity index is 850. The van der Waals surface area contributed by atoms with Crippen molar-refractivity contribution in [2.75, 3.05) is 44.1 Å². The standard InChI is InChI=1S/C23H38FN7O3/c1-5-19-25-21(20(24)22(26-19)30-11-15(2)18(13-30)29(3)4)27-28-23(33)17(12-31(34)14-32)10-16-8-6-7-9-16/h14-18,34H,5-13H2,1-4H3,(H,28,33)(H,25,26,27)/t15-,17-,18+/m1/s1. The van der Waals surface area contributed by atoms with E-state index in [1.165, 1.54) is 0 Å². The van der Waals surface area contributed by atoms with Gasteiger partial charge in [-0.05, 0) is 32.4 Å². The third kappa shape index (κ3) is 6.32. The van der Waals surface area contributed by atoms with Gasteiger partial charge >= 0.3 is 0 Å². The van der Waals surface area contributed by atoms with Gasteiger partial charge in [-0.1, -0.05) is 39.5 Å². The molecular weight excluding hydrogens is 441 g/mol. The van der Waals surface area contributed by atoms with Crippen LogP contribution in [-0.2, 0) is 16.0 Å². The van der Waals surface area contributed by atoms with Crippen molar-refractivity contribution in [1.82, 2.24) is 25.4 Å². The molecule has 0 bridgehead atoms. The van der Waals surface area contributed by atoms with E-state index in [1.807, 2.05) is 25.9 Å². The van der Waals surface area contributed by atoms with Gasteiger partial charge in [0.2, 0.25) is 18.1 Å². The molecule has 1 saturated carbocycles. The third-order valence-corrected chi connectivity index (χ3v) is 7.03. The first-order valence-corrected chi connectivity index (χ1v) is 12.2. The van der Waals surface area contributed by atoms with E-state index in [0.717, 1.165) is 25.7 Å². The average Bonchev–Trinajstić information content (AvgIpc) is 3.47. The molecule has 2 heterocycles. The van der Waals surface area contributed by atoms with Crippen LogP contribution in [0.3, 0.4) is 0 Å². The minimum atomic E-state index is -0.624. The first-order chi connectivity index (χ1) is 16.2. The molecular formula is C23H38FN7O3. The molecule has 1 aromatic rings. The van der Waals surface area contributed by atoms with Gasteiger partial charge in [-0.15, -0.1) is 0 Å². The van der Waals surface area contributed by atoms with E-state index in [1.54, 1.807) is 0 Å². The van der Waals surface area contributed by atoms with Crippen molar-refractivity contribution in [3.8, 4) is 0 Å². The Morgan fingerprint density at radius 2 is 2.00 bits per heavy atom. The van der Waals surface area contributed by atoms with Crippen molar-refractivity contribution in [3.05, 3.63) is 11.6 Å². The summed E-state index contributed by atoms with van der Waals surface area (Å²) in [6, 6.07) is 0.283. The SMILES string of the molecule is CCc1nc(NNC(=O)[C@H](CC2CCCC2)CN(O)C=O)c(F)c(N2C[C@@H](C)[C@@H](N(C)C)C2)n1. The van der Waals surface area contributed by atoms with Crippen molar-refractivity contribution in [3.63, 3.8) is 0 Å². The second kappa shape index (κ2) is 11.7. The Morgan fingerprint density at radius 1 is 1.29 bits per heavy atom. The van der Waals surface area contributed by atoms with Crippen LogP contribution in [0.1, 0.15) is 51.8 Å². The molecule has 3 N–H and O–H groups in total. The molecule has 190 valence electrons. The van der Waals surface area contributed by atoms with Crippen molar-refractivity contribution in [2.24, 2.45) is 17.8 Å². The van der Waals surface area contributed by atoms with E-state index in [2.05, 4.69) is 32.6 Å². The number of anilines is 2. The zero-order valence-electron chi connectivity index (χ0n) is 20.6.